The van der Waals surface area contributed by atoms with Crippen LogP contribution in [-0.2, 0) is 9.09 Å². The Bertz CT molecular complexity index is 267. The zero-order valence-electron chi connectivity index (χ0n) is 7.80. The summed E-state index contributed by atoms with van der Waals surface area (Å²) in [5.41, 5.74) is 0.924. The van der Waals surface area contributed by atoms with Crippen molar-refractivity contribution in [3.8, 4) is 0 Å². The summed E-state index contributed by atoms with van der Waals surface area (Å²) < 4.78 is 13.7. The van der Waals surface area contributed by atoms with E-state index in [2.05, 4.69) is 22.7 Å². The number of pyridine rings is 1. The zero-order valence-corrected chi connectivity index (χ0v) is 8.69. The van der Waals surface area contributed by atoms with Crippen molar-refractivity contribution < 1.29 is 9.09 Å². The molecule has 4 heteroatoms. The minimum atomic E-state index is -0.276. The molecule has 1 aromatic heterocycles. The molecule has 0 N–H and O–H groups in total. The summed E-state index contributed by atoms with van der Waals surface area (Å²) in [5.74, 6) is 0. The van der Waals surface area contributed by atoms with Crippen LogP contribution in [0.4, 0.5) is 0 Å². The van der Waals surface area contributed by atoms with E-state index in [4.69, 9.17) is 0 Å². The van der Waals surface area contributed by atoms with Crippen molar-refractivity contribution in [1.82, 2.24) is 4.98 Å². The van der Waals surface area contributed by atoms with Gasteiger partial charge in [-0.05, 0) is 18.2 Å². The Morgan fingerprint density at radius 3 is 2.57 bits per heavy atom. The average Bonchev–Trinajstić information content (AvgIpc) is 2.28. The van der Waals surface area contributed by atoms with Crippen LogP contribution < -0.4 is 0 Å². The van der Waals surface area contributed by atoms with Crippen LogP contribution in [0.25, 0.3) is 6.08 Å². The summed E-state index contributed by atoms with van der Waals surface area (Å²) in [6.07, 6.45) is 5.00. The van der Waals surface area contributed by atoms with Crippen LogP contribution >= 0.6 is 8.69 Å². The van der Waals surface area contributed by atoms with Crippen LogP contribution in [0, 0.1) is 0 Å². The van der Waals surface area contributed by atoms with Gasteiger partial charge in [-0.3, -0.25) is 9.51 Å². The van der Waals surface area contributed by atoms with Crippen LogP contribution in [0.1, 0.15) is 5.69 Å². The molecule has 0 radical (unpaired) electrons. The molecule has 74 valence electrons. The molecule has 0 fully saturated rings. The first kappa shape index (κ1) is 12.7. The molecule has 1 rings (SSSR count). The van der Waals surface area contributed by atoms with Crippen molar-refractivity contribution in [2.24, 2.45) is 0 Å². The van der Waals surface area contributed by atoms with E-state index in [0.717, 1.165) is 5.69 Å². The Hall–Kier alpha value is -1.31. The van der Waals surface area contributed by atoms with Crippen molar-refractivity contribution in [3.05, 3.63) is 49.3 Å². The summed E-state index contributed by atoms with van der Waals surface area (Å²) >= 11 is 0. The lowest BCUT2D eigenvalue weighted by molar-refractivity contribution is 0.387. The number of aromatic nitrogens is 1. The van der Waals surface area contributed by atoms with Gasteiger partial charge in [0.15, 0.2) is 0 Å². The highest BCUT2D eigenvalue weighted by molar-refractivity contribution is 7.17. The lowest BCUT2D eigenvalue weighted by Gasteiger charge is -1.84. The highest BCUT2D eigenvalue weighted by Crippen LogP contribution is 1.92. The minimum Gasteiger partial charge on any atom is -0.290 e. The van der Waals surface area contributed by atoms with Gasteiger partial charge in [-0.2, -0.15) is 0 Å². The second-order valence-electron chi connectivity index (χ2n) is 2.12. The molecule has 0 aliphatic heterocycles. The van der Waals surface area contributed by atoms with Gasteiger partial charge in [-0.25, -0.2) is 4.57 Å². The van der Waals surface area contributed by atoms with Gasteiger partial charge in [0, 0.05) is 6.20 Å². The fourth-order valence-electron chi connectivity index (χ4n) is 0.580. The van der Waals surface area contributed by atoms with Gasteiger partial charge in [0.25, 0.3) is 0 Å². The van der Waals surface area contributed by atoms with Crippen molar-refractivity contribution in [2.45, 2.75) is 0 Å². The number of hydrogen-bond acceptors (Lipinski definition) is 3. The maximum atomic E-state index is 9.39. The van der Waals surface area contributed by atoms with E-state index in [1.165, 1.54) is 6.08 Å². The molecular formula is C10H12NO2P. The molecule has 3 nitrogen and oxygen atoms in total. The fourth-order valence-corrected chi connectivity index (χ4v) is 0.746. The quantitative estimate of drug-likeness (QED) is 0.434. The van der Waals surface area contributed by atoms with E-state index in [1.807, 2.05) is 18.2 Å². The van der Waals surface area contributed by atoms with Crippen LogP contribution in [0.3, 0.4) is 0 Å². The van der Waals surface area contributed by atoms with Crippen LogP contribution in [-0.4, -0.2) is 11.6 Å². The first-order valence-corrected chi connectivity index (χ1v) is 4.67. The summed E-state index contributed by atoms with van der Waals surface area (Å²) in [6, 6.07) is 5.73. The molecular weight excluding hydrogens is 197 g/mol. The molecule has 1 heterocycles. The molecule has 0 aliphatic rings. The van der Waals surface area contributed by atoms with E-state index < -0.39 is 0 Å². The number of rotatable bonds is 4. The summed E-state index contributed by atoms with van der Waals surface area (Å²) in [6.45, 7) is 7.25. The normalized spacial score (nSPS) is 8.57. The SMILES string of the molecule is C=CCOP=O.C=Cc1ccccn1. The monoisotopic (exact) mass is 209 g/mol. The Kier molecular flexibility index (Phi) is 8.86. The second-order valence-corrected chi connectivity index (χ2v) is 2.52. The third kappa shape index (κ3) is 7.35. The smallest absolute Gasteiger partial charge is 0.290 e. The third-order valence-corrected chi connectivity index (χ3v) is 1.40. The van der Waals surface area contributed by atoms with Gasteiger partial charge < -0.3 is 0 Å². The van der Waals surface area contributed by atoms with Crippen LogP contribution in [0.15, 0.2) is 43.6 Å². The Balaban J connectivity index is 0.000000255. The Morgan fingerprint density at radius 2 is 2.29 bits per heavy atom. The lowest BCUT2D eigenvalue weighted by atomic mass is 10.4. The zero-order chi connectivity index (χ0) is 10.6. The third-order valence-electron chi connectivity index (χ3n) is 1.14. The van der Waals surface area contributed by atoms with Crippen molar-refractivity contribution in [2.75, 3.05) is 6.61 Å². The second kappa shape index (κ2) is 9.78. The summed E-state index contributed by atoms with van der Waals surface area (Å²) in [5, 5.41) is 0. The lowest BCUT2D eigenvalue weighted by Crippen LogP contribution is -1.73. The molecule has 0 saturated carbocycles. The largest absolute Gasteiger partial charge is 0.327 e. The van der Waals surface area contributed by atoms with Gasteiger partial charge in [0.1, 0.15) is 0 Å². The molecule has 1 aromatic rings. The molecule has 0 aliphatic carbocycles. The predicted molar refractivity (Wildman–Crippen MR) is 58.1 cm³/mol. The predicted octanol–water partition coefficient (Wildman–Crippen LogP) is 3.12. The average molecular weight is 209 g/mol. The molecule has 0 bridgehead atoms. The van der Waals surface area contributed by atoms with Crippen molar-refractivity contribution >= 4 is 14.8 Å². The van der Waals surface area contributed by atoms with Crippen LogP contribution in [0.2, 0.25) is 0 Å². The highest BCUT2D eigenvalue weighted by atomic mass is 31.1. The fraction of sp³-hybridized carbons (Fsp3) is 0.100. The Labute approximate surface area is 85.4 Å². The first-order chi connectivity index (χ1) is 6.85. The molecule has 0 aromatic carbocycles. The van der Waals surface area contributed by atoms with Crippen LogP contribution in [0.5, 0.6) is 0 Å². The van der Waals surface area contributed by atoms with Crippen molar-refractivity contribution in [3.63, 3.8) is 0 Å². The van der Waals surface area contributed by atoms with E-state index in [1.54, 1.807) is 12.3 Å². The molecule has 0 unspecified atom stereocenters. The molecule has 0 saturated heterocycles. The summed E-state index contributed by atoms with van der Waals surface area (Å²) in [7, 11) is -0.276. The van der Waals surface area contributed by atoms with E-state index >= 15 is 0 Å². The number of hydrogen-bond donors (Lipinski definition) is 0. The van der Waals surface area contributed by atoms with E-state index in [-0.39, 0.29) is 8.69 Å². The molecule has 0 spiro atoms. The molecule has 14 heavy (non-hydrogen) atoms. The van der Waals surface area contributed by atoms with Gasteiger partial charge in [-0.15, -0.1) is 6.58 Å². The maximum Gasteiger partial charge on any atom is 0.327 e. The maximum absolute atomic E-state index is 9.39. The van der Waals surface area contributed by atoms with Gasteiger partial charge in [-0.1, -0.05) is 18.7 Å². The summed E-state index contributed by atoms with van der Waals surface area (Å²) in [4.78, 5) is 3.98. The standard InChI is InChI=1S/C7H7N.C3H5O2P/c1-2-7-5-3-4-6-8-7;1-2-3-5-6-4/h2-6H,1H2;2H,1,3H2. The molecule has 0 atom stereocenters. The first-order valence-electron chi connectivity index (χ1n) is 3.94. The topological polar surface area (TPSA) is 39.2 Å². The highest BCUT2D eigenvalue weighted by Gasteiger charge is 1.77. The van der Waals surface area contributed by atoms with Gasteiger partial charge in [0.05, 0.1) is 12.3 Å². The minimum absolute atomic E-state index is 0.276. The Morgan fingerprint density at radius 1 is 1.50 bits per heavy atom. The number of nitrogens with zero attached hydrogens (tertiary/aromatic N) is 1. The van der Waals surface area contributed by atoms with Crippen molar-refractivity contribution in [1.29, 1.82) is 0 Å². The van der Waals surface area contributed by atoms with E-state index in [0.29, 0.717) is 6.61 Å². The van der Waals surface area contributed by atoms with E-state index in [9.17, 15) is 4.57 Å². The molecule has 0 amide bonds. The van der Waals surface area contributed by atoms with Gasteiger partial charge in [0.2, 0.25) is 0 Å². The van der Waals surface area contributed by atoms with Gasteiger partial charge >= 0.3 is 8.69 Å².